The molecule has 21 heavy (non-hydrogen) atoms. The summed E-state index contributed by atoms with van der Waals surface area (Å²) in [5.41, 5.74) is 1.18. The number of aliphatic carboxylic acids is 1. The molecule has 0 saturated carbocycles. The zero-order chi connectivity index (χ0) is 15.2. The van der Waals surface area contributed by atoms with Crippen LogP contribution >= 0.6 is 0 Å². The third kappa shape index (κ3) is 3.65. The summed E-state index contributed by atoms with van der Waals surface area (Å²) in [5.74, 6) is -1.52. The van der Waals surface area contributed by atoms with Gasteiger partial charge in [-0.15, -0.1) is 0 Å². The highest BCUT2D eigenvalue weighted by Crippen LogP contribution is 2.15. The molecule has 2 aromatic rings. The maximum Gasteiger partial charge on any atom is 0.325 e. The minimum Gasteiger partial charge on any atom is -0.480 e. The summed E-state index contributed by atoms with van der Waals surface area (Å²) in [6.45, 7) is 0.0210. The van der Waals surface area contributed by atoms with Gasteiger partial charge in [0.15, 0.2) is 0 Å². The molecule has 0 radical (unpaired) electrons. The molecule has 0 fully saturated rings. The molecule has 0 aromatic heterocycles. The van der Waals surface area contributed by atoms with E-state index in [0.717, 1.165) is 0 Å². The number of nitrogens with one attached hydrogen (secondary N) is 1. The molecule has 106 valence electrons. The van der Waals surface area contributed by atoms with E-state index in [1.165, 1.54) is 18.2 Å². The van der Waals surface area contributed by atoms with Gasteiger partial charge in [-0.1, -0.05) is 30.3 Å². The lowest BCUT2D eigenvalue weighted by atomic mass is 10.1. The molecule has 0 saturated heterocycles. The van der Waals surface area contributed by atoms with E-state index >= 15 is 0 Å². The average Bonchev–Trinajstić information content (AvgIpc) is 2.50. The molecular formula is C16H13FN2O2. The first-order valence-corrected chi connectivity index (χ1v) is 6.31. The quantitative estimate of drug-likeness (QED) is 0.885. The summed E-state index contributed by atoms with van der Waals surface area (Å²) in [4.78, 5) is 11.3. The summed E-state index contributed by atoms with van der Waals surface area (Å²) in [5, 5.41) is 20.9. The maximum atomic E-state index is 13.7. The number of carboxylic acid groups (broad SMARTS) is 1. The predicted octanol–water partition coefficient (Wildman–Crippen LogP) is 2.61. The lowest BCUT2D eigenvalue weighted by Gasteiger charge is -2.15. The Morgan fingerprint density at radius 2 is 2.00 bits per heavy atom. The van der Waals surface area contributed by atoms with Gasteiger partial charge in [0.2, 0.25) is 0 Å². The Hall–Kier alpha value is -2.71. The van der Waals surface area contributed by atoms with E-state index < -0.39 is 17.8 Å². The molecule has 0 amide bonds. The van der Waals surface area contributed by atoms with Crippen molar-refractivity contribution in [3.63, 3.8) is 0 Å². The van der Waals surface area contributed by atoms with E-state index in [2.05, 4.69) is 5.32 Å². The van der Waals surface area contributed by atoms with Gasteiger partial charge in [-0.2, -0.15) is 5.26 Å². The van der Waals surface area contributed by atoms with Gasteiger partial charge in [-0.05, 0) is 23.8 Å². The summed E-state index contributed by atoms with van der Waals surface area (Å²) in [6, 6.07) is 13.6. The van der Waals surface area contributed by atoms with Crippen LogP contribution in [0.25, 0.3) is 0 Å². The SMILES string of the molecule is N#Cc1ccc(F)c(CNC(C(=O)O)c2ccccc2)c1. The van der Waals surface area contributed by atoms with Crippen molar-refractivity contribution in [2.45, 2.75) is 12.6 Å². The van der Waals surface area contributed by atoms with Crippen LogP contribution in [0.2, 0.25) is 0 Å². The van der Waals surface area contributed by atoms with Gasteiger partial charge in [-0.3, -0.25) is 10.1 Å². The van der Waals surface area contributed by atoms with E-state index in [0.29, 0.717) is 11.1 Å². The predicted molar refractivity (Wildman–Crippen MR) is 74.8 cm³/mol. The van der Waals surface area contributed by atoms with Gasteiger partial charge in [0.05, 0.1) is 11.6 Å². The van der Waals surface area contributed by atoms with Crippen molar-refractivity contribution in [2.24, 2.45) is 0 Å². The van der Waals surface area contributed by atoms with Crippen LogP contribution < -0.4 is 5.32 Å². The molecule has 0 bridgehead atoms. The van der Waals surface area contributed by atoms with Crippen LogP contribution in [0.15, 0.2) is 48.5 Å². The topological polar surface area (TPSA) is 73.1 Å². The van der Waals surface area contributed by atoms with E-state index in [1.807, 2.05) is 6.07 Å². The molecule has 1 atom stereocenters. The van der Waals surface area contributed by atoms with E-state index in [1.54, 1.807) is 30.3 Å². The van der Waals surface area contributed by atoms with Gasteiger partial charge in [-0.25, -0.2) is 4.39 Å². The number of rotatable bonds is 5. The molecule has 4 nitrogen and oxygen atoms in total. The van der Waals surface area contributed by atoms with Gasteiger partial charge >= 0.3 is 5.97 Å². The summed E-state index contributed by atoms with van der Waals surface area (Å²) >= 11 is 0. The minimum absolute atomic E-state index is 0.0210. The van der Waals surface area contributed by atoms with Gasteiger partial charge in [0.25, 0.3) is 0 Å². The van der Waals surface area contributed by atoms with Gasteiger partial charge < -0.3 is 5.11 Å². The number of benzene rings is 2. The second-order valence-electron chi connectivity index (χ2n) is 4.48. The van der Waals surface area contributed by atoms with Crippen LogP contribution in [0.3, 0.4) is 0 Å². The third-order valence-electron chi connectivity index (χ3n) is 3.05. The monoisotopic (exact) mass is 284 g/mol. The smallest absolute Gasteiger partial charge is 0.325 e. The highest BCUT2D eigenvalue weighted by Gasteiger charge is 2.19. The molecular weight excluding hydrogens is 271 g/mol. The Balaban J connectivity index is 2.17. The van der Waals surface area contributed by atoms with Gasteiger partial charge in [0, 0.05) is 12.1 Å². The highest BCUT2D eigenvalue weighted by molar-refractivity contribution is 5.75. The zero-order valence-electron chi connectivity index (χ0n) is 11.1. The third-order valence-corrected chi connectivity index (χ3v) is 3.05. The zero-order valence-corrected chi connectivity index (χ0v) is 11.1. The van der Waals surface area contributed by atoms with E-state index in [9.17, 15) is 14.3 Å². The fourth-order valence-electron chi connectivity index (χ4n) is 1.99. The molecule has 1 unspecified atom stereocenters. The van der Waals surface area contributed by atoms with Crippen LogP contribution in [0, 0.1) is 17.1 Å². The minimum atomic E-state index is -1.04. The van der Waals surface area contributed by atoms with Crippen LogP contribution in [0.5, 0.6) is 0 Å². The van der Waals surface area contributed by atoms with Crippen LogP contribution in [-0.4, -0.2) is 11.1 Å². The fourth-order valence-corrected chi connectivity index (χ4v) is 1.99. The lowest BCUT2D eigenvalue weighted by Crippen LogP contribution is -2.28. The molecule has 0 spiro atoms. The number of carbonyl (C=O) groups is 1. The second-order valence-corrected chi connectivity index (χ2v) is 4.48. The van der Waals surface area contributed by atoms with Crippen molar-refractivity contribution in [3.05, 3.63) is 71.0 Å². The molecule has 2 N–H and O–H groups in total. The van der Waals surface area contributed by atoms with Crippen LogP contribution in [-0.2, 0) is 11.3 Å². The van der Waals surface area contributed by atoms with Crippen LogP contribution in [0.1, 0.15) is 22.7 Å². The highest BCUT2D eigenvalue weighted by atomic mass is 19.1. The average molecular weight is 284 g/mol. The molecule has 5 heteroatoms. The van der Waals surface area contributed by atoms with Gasteiger partial charge in [0.1, 0.15) is 11.9 Å². The Morgan fingerprint density at radius 3 is 2.62 bits per heavy atom. The first-order valence-electron chi connectivity index (χ1n) is 6.31. The fraction of sp³-hybridized carbons (Fsp3) is 0.125. The van der Waals surface area contributed by atoms with Crippen molar-refractivity contribution in [2.75, 3.05) is 0 Å². The van der Waals surface area contributed by atoms with Crippen LogP contribution in [0.4, 0.5) is 4.39 Å². The molecule has 0 aliphatic rings. The summed E-state index contributed by atoms with van der Waals surface area (Å²) in [6.07, 6.45) is 0. The molecule has 2 aromatic carbocycles. The number of carboxylic acids is 1. The molecule has 0 aliphatic heterocycles. The molecule has 2 rings (SSSR count). The molecule has 0 aliphatic carbocycles. The Labute approximate surface area is 121 Å². The summed E-state index contributed by atoms with van der Waals surface area (Å²) in [7, 11) is 0. The first kappa shape index (κ1) is 14.7. The molecule has 0 heterocycles. The first-order chi connectivity index (χ1) is 10.1. The van der Waals surface area contributed by atoms with Crippen molar-refractivity contribution in [1.82, 2.24) is 5.32 Å². The van der Waals surface area contributed by atoms with E-state index in [-0.39, 0.29) is 12.1 Å². The van der Waals surface area contributed by atoms with Crippen molar-refractivity contribution < 1.29 is 14.3 Å². The summed E-state index contributed by atoms with van der Waals surface area (Å²) < 4.78 is 13.7. The number of halogens is 1. The Morgan fingerprint density at radius 1 is 1.29 bits per heavy atom. The van der Waals surface area contributed by atoms with Crippen molar-refractivity contribution >= 4 is 5.97 Å². The maximum absolute atomic E-state index is 13.7. The normalized spacial score (nSPS) is 11.6. The number of nitrogens with zero attached hydrogens (tertiary/aromatic N) is 1. The largest absolute Gasteiger partial charge is 0.480 e. The Bertz CT molecular complexity index is 680. The second kappa shape index (κ2) is 6.64. The standard InChI is InChI=1S/C16H13FN2O2/c17-14-7-6-11(9-18)8-13(14)10-19-15(16(20)21)12-4-2-1-3-5-12/h1-8,15,19H,10H2,(H,20,21). The van der Waals surface area contributed by atoms with E-state index in [4.69, 9.17) is 5.26 Å². The Kier molecular flexibility index (Phi) is 4.64. The number of hydrogen-bond donors (Lipinski definition) is 2. The lowest BCUT2D eigenvalue weighted by molar-refractivity contribution is -0.139. The van der Waals surface area contributed by atoms with Crippen molar-refractivity contribution in [3.8, 4) is 6.07 Å². The number of hydrogen-bond acceptors (Lipinski definition) is 3. The number of nitriles is 1. The van der Waals surface area contributed by atoms with Crippen molar-refractivity contribution in [1.29, 1.82) is 5.26 Å².